The quantitative estimate of drug-likeness (QED) is 0.741. The summed E-state index contributed by atoms with van der Waals surface area (Å²) in [6, 6.07) is 1.04. The van der Waals surface area contributed by atoms with Gasteiger partial charge in [0.25, 0.3) is 0 Å². The predicted octanol–water partition coefficient (Wildman–Crippen LogP) is 2.64. The Bertz CT molecular complexity index is 417. The second-order valence-electron chi connectivity index (χ2n) is 2.73. The number of carbonyl (C=O) groups is 1. The molecule has 82 valence electrons. The molecule has 0 heterocycles. The van der Waals surface area contributed by atoms with Crippen LogP contribution in [0.5, 0.6) is 0 Å². The third-order valence-electron chi connectivity index (χ3n) is 1.66. The van der Waals surface area contributed by atoms with Gasteiger partial charge in [-0.05, 0) is 12.1 Å². The molecule has 3 nitrogen and oxygen atoms in total. The van der Waals surface area contributed by atoms with Crippen LogP contribution in [-0.2, 0) is 6.18 Å². The lowest BCUT2D eigenvalue weighted by Crippen LogP contribution is -2.09. The highest BCUT2D eigenvalue weighted by atomic mass is 35.5. The Morgan fingerprint density at radius 2 is 1.93 bits per heavy atom. The Balaban J connectivity index is 3.43. The van der Waals surface area contributed by atoms with E-state index in [0.29, 0.717) is 12.1 Å². The standard InChI is InChI=1S/C8H5ClF3NO2/c9-6-4(7(14)15)1-3(2-5(6)13)8(10,11)12/h1-2H,13H2,(H,14,15). The van der Waals surface area contributed by atoms with E-state index in [1.54, 1.807) is 0 Å². The molecule has 0 saturated carbocycles. The number of halogens is 4. The number of hydrogen-bond donors (Lipinski definition) is 2. The summed E-state index contributed by atoms with van der Waals surface area (Å²) >= 11 is 5.44. The van der Waals surface area contributed by atoms with Crippen molar-refractivity contribution in [1.82, 2.24) is 0 Å². The molecule has 3 N–H and O–H groups in total. The van der Waals surface area contributed by atoms with Crippen molar-refractivity contribution in [1.29, 1.82) is 0 Å². The lowest BCUT2D eigenvalue weighted by atomic mass is 10.1. The van der Waals surface area contributed by atoms with Gasteiger partial charge < -0.3 is 10.8 Å². The lowest BCUT2D eigenvalue weighted by Gasteiger charge is -2.10. The fraction of sp³-hybridized carbons (Fsp3) is 0.125. The molecule has 0 bridgehead atoms. The van der Waals surface area contributed by atoms with Crippen molar-refractivity contribution in [3.8, 4) is 0 Å². The van der Waals surface area contributed by atoms with E-state index in [-0.39, 0.29) is 0 Å². The molecular weight excluding hydrogens is 235 g/mol. The largest absolute Gasteiger partial charge is 0.478 e. The zero-order valence-corrected chi connectivity index (χ0v) is 7.86. The molecule has 7 heteroatoms. The number of rotatable bonds is 1. The summed E-state index contributed by atoms with van der Waals surface area (Å²) in [5.41, 5.74) is 2.95. The van der Waals surface area contributed by atoms with E-state index in [1.165, 1.54) is 0 Å². The molecule has 0 atom stereocenters. The SMILES string of the molecule is Nc1cc(C(F)(F)F)cc(C(=O)O)c1Cl. The van der Waals surface area contributed by atoms with E-state index in [9.17, 15) is 18.0 Å². The van der Waals surface area contributed by atoms with Gasteiger partial charge in [0.15, 0.2) is 0 Å². The Kier molecular flexibility index (Phi) is 2.81. The number of aromatic carboxylic acids is 1. The number of carboxylic acids is 1. The minimum Gasteiger partial charge on any atom is -0.478 e. The van der Waals surface area contributed by atoms with Gasteiger partial charge in [-0.15, -0.1) is 0 Å². The van der Waals surface area contributed by atoms with Crippen LogP contribution >= 0.6 is 11.6 Å². The fourth-order valence-corrected chi connectivity index (χ4v) is 1.16. The van der Waals surface area contributed by atoms with Crippen LogP contribution in [0.1, 0.15) is 15.9 Å². The molecule has 0 fully saturated rings. The van der Waals surface area contributed by atoms with Gasteiger partial charge in [-0.2, -0.15) is 13.2 Å². The molecular formula is C8H5ClF3NO2. The van der Waals surface area contributed by atoms with Gasteiger partial charge in [0.2, 0.25) is 0 Å². The van der Waals surface area contributed by atoms with E-state index in [0.717, 1.165) is 0 Å². The molecule has 0 aromatic heterocycles. The first-order chi connectivity index (χ1) is 6.73. The third-order valence-corrected chi connectivity index (χ3v) is 2.08. The molecule has 0 saturated heterocycles. The van der Waals surface area contributed by atoms with Crippen LogP contribution in [-0.4, -0.2) is 11.1 Å². The summed E-state index contributed by atoms with van der Waals surface area (Å²) in [6.07, 6.45) is -4.65. The molecule has 0 amide bonds. The van der Waals surface area contributed by atoms with Crippen molar-refractivity contribution in [2.24, 2.45) is 0 Å². The molecule has 0 aliphatic carbocycles. The average molecular weight is 240 g/mol. The van der Waals surface area contributed by atoms with E-state index < -0.39 is 34.0 Å². The highest BCUT2D eigenvalue weighted by Crippen LogP contribution is 2.34. The third kappa shape index (κ3) is 2.33. The zero-order chi connectivity index (χ0) is 11.8. The number of nitrogens with two attached hydrogens (primary N) is 1. The first kappa shape index (κ1) is 11.6. The Labute approximate surface area is 87.3 Å². The number of benzene rings is 1. The van der Waals surface area contributed by atoms with E-state index >= 15 is 0 Å². The van der Waals surface area contributed by atoms with Crippen molar-refractivity contribution in [2.75, 3.05) is 5.73 Å². The van der Waals surface area contributed by atoms with Gasteiger partial charge in [0.05, 0.1) is 21.8 Å². The highest BCUT2D eigenvalue weighted by Gasteiger charge is 2.32. The van der Waals surface area contributed by atoms with E-state index in [2.05, 4.69) is 0 Å². The molecule has 0 aliphatic rings. The number of hydrogen-bond acceptors (Lipinski definition) is 2. The maximum atomic E-state index is 12.3. The monoisotopic (exact) mass is 239 g/mol. The molecule has 1 aromatic carbocycles. The highest BCUT2D eigenvalue weighted by molar-refractivity contribution is 6.36. The maximum absolute atomic E-state index is 12.3. The summed E-state index contributed by atoms with van der Waals surface area (Å²) in [6.45, 7) is 0. The first-order valence-corrected chi connectivity index (χ1v) is 4.01. The normalized spacial score (nSPS) is 11.5. The van der Waals surface area contributed by atoms with Crippen LogP contribution < -0.4 is 5.73 Å². The van der Waals surface area contributed by atoms with Crippen LogP contribution in [0.2, 0.25) is 5.02 Å². The minimum atomic E-state index is -4.65. The number of carboxylic acid groups (broad SMARTS) is 1. The lowest BCUT2D eigenvalue weighted by molar-refractivity contribution is -0.137. The Hall–Kier alpha value is -1.43. The van der Waals surface area contributed by atoms with Crippen LogP contribution in [0.15, 0.2) is 12.1 Å². The number of nitrogen functional groups attached to an aromatic ring is 1. The summed E-state index contributed by atoms with van der Waals surface area (Å²) < 4.78 is 36.8. The average Bonchev–Trinajstić information content (AvgIpc) is 2.06. The predicted molar refractivity (Wildman–Crippen MR) is 47.8 cm³/mol. The van der Waals surface area contributed by atoms with Crippen molar-refractivity contribution in [2.45, 2.75) is 6.18 Å². The summed E-state index contributed by atoms with van der Waals surface area (Å²) in [5, 5.41) is 8.18. The Morgan fingerprint density at radius 1 is 1.40 bits per heavy atom. The smallest absolute Gasteiger partial charge is 0.416 e. The van der Waals surface area contributed by atoms with Crippen LogP contribution in [0.25, 0.3) is 0 Å². The van der Waals surface area contributed by atoms with Crippen molar-refractivity contribution in [3.63, 3.8) is 0 Å². The van der Waals surface area contributed by atoms with Crippen molar-refractivity contribution in [3.05, 3.63) is 28.3 Å². The van der Waals surface area contributed by atoms with Crippen molar-refractivity contribution >= 4 is 23.3 Å². The first-order valence-electron chi connectivity index (χ1n) is 3.63. The second-order valence-corrected chi connectivity index (χ2v) is 3.11. The molecule has 0 aliphatic heterocycles. The number of alkyl halides is 3. The van der Waals surface area contributed by atoms with Gasteiger partial charge in [-0.25, -0.2) is 4.79 Å². The van der Waals surface area contributed by atoms with Gasteiger partial charge >= 0.3 is 12.1 Å². The van der Waals surface area contributed by atoms with Gasteiger partial charge in [0.1, 0.15) is 0 Å². The molecule has 0 spiro atoms. The Morgan fingerprint density at radius 3 is 2.33 bits per heavy atom. The zero-order valence-electron chi connectivity index (χ0n) is 7.10. The van der Waals surface area contributed by atoms with E-state index in [4.69, 9.17) is 22.4 Å². The van der Waals surface area contributed by atoms with Crippen LogP contribution in [0, 0.1) is 0 Å². The fourth-order valence-electron chi connectivity index (χ4n) is 0.966. The van der Waals surface area contributed by atoms with Crippen LogP contribution in [0.3, 0.4) is 0 Å². The molecule has 15 heavy (non-hydrogen) atoms. The molecule has 1 rings (SSSR count). The minimum absolute atomic E-state index is 0.393. The molecule has 0 unspecified atom stereocenters. The van der Waals surface area contributed by atoms with Gasteiger partial charge in [-0.3, -0.25) is 0 Å². The van der Waals surface area contributed by atoms with Gasteiger partial charge in [-0.1, -0.05) is 11.6 Å². The second kappa shape index (κ2) is 3.62. The molecule has 0 radical (unpaired) electrons. The summed E-state index contributed by atoms with van der Waals surface area (Å²) in [4.78, 5) is 10.5. The number of anilines is 1. The maximum Gasteiger partial charge on any atom is 0.416 e. The summed E-state index contributed by atoms with van der Waals surface area (Å²) in [5.74, 6) is -1.56. The van der Waals surface area contributed by atoms with Crippen molar-refractivity contribution < 1.29 is 23.1 Å². The topological polar surface area (TPSA) is 63.3 Å². The summed E-state index contributed by atoms with van der Waals surface area (Å²) in [7, 11) is 0. The van der Waals surface area contributed by atoms with Crippen LogP contribution in [0.4, 0.5) is 18.9 Å². The molecule has 1 aromatic rings. The van der Waals surface area contributed by atoms with E-state index in [1.807, 2.05) is 0 Å². The van der Waals surface area contributed by atoms with Gasteiger partial charge in [0, 0.05) is 0 Å².